The second kappa shape index (κ2) is 9.45. The zero-order chi connectivity index (χ0) is 21.8. The monoisotopic (exact) mass is 496 g/mol. The molecule has 7 heteroatoms. The van der Waals surface area contributed by atoms with E-state index >= 15 is 0 Å². The topological polar surface area (TPSA) is 59.0 Å². The Labute approximate surface area is 193 Å². The largest absolute Gasteiger partial charge is 0.484 e. The quantitative estimate of drug-likeness (QED) is 0.412. The molecule has 0 saturated carbocycles. The summed E-state index contributed by atoms with van der Waals surface area (Å²) >= 11 is 9.48. The summed E-state index contributed by atoms with van der Waals surface area (Å²) in [6, 6.07) is 21.7. The molecule has 1 atom stereocenters. The van der Waals surface area contributed by atoms with E-state index in [0.29, 0.717) is 22.8 Å². The number of ether oxygens (including phenoxy) is 1. The molecule has 0 bridgehead atoms. The molecule has 0 aliphatic carbocycles. The highest BCUT2D eigenvalue weighted by molar-refractivity contribution is 9.10. The minimum absolute atomic E-state index is 0.191. The first-order valence-electron chi connectivity index (χ1n) is 9.62. The van der Waals surface area contributed by atoms with Crippen molar-refractivity contribution in [3.8, 4) is 5.75 Å². The molecular weight excluding hydrogens is 480 g/mol. The SMILES string of the molecule is O=Cc1cccc(OCC(=O)N2N=C(c3ccc(Br)cc3)CC2c2ccc(Cl)cc2)c1. The predicted molar refractivity (Wildman–Crippen MR) is 124 cm³/mol. The molecule has 0 fully saturated rings. The molecule has 1 aliphatic heterocycles. The van der Waals surface area contributed by atoms with Gasteiger partial charge in [0.1, 0.15) is 12.0 Å². The van der Waals surface area contributed by atoms with E-state index in [1.807, 2.05) is 36.4 Å². The lowest BCUT2D eigenvalue weighted by atomic mass is 9.98. The summed E-state index contributed by atoms with van der Waals surface area (Å²) in [4.78, 5) is 24.0. The van der Waals surface area contributed by atoms with Gasteiger partial charge in [0.15, 0.2) is 6.61 Å². The van der Waals surface area contributed by atoms with Crippen LogP contribution < -0.4 is 4.74 Å². The maximum absolute atomic E-state index is 13.0. The molecule has 3 aromatic carbocycles. The normalized spacial score (nSPS) is 15.5. The fourth-order valence-electron chi connectivity index (χ4n) is 3.39. The molecule has 1 unspecified atom stereocenters. The van der Waals surface area contributed by atoms with E-state index in [4.69, 9.17) is 16.3 Å². The van der Waals surface area contributed by atoms with E-state index in [2.05, 4.69) is 21.0 Å². The van der Waals surface area contributed by atoms with Crippen LogP contribution in [0.25, 0.3) is 0 Å². The van der Waals surface area contributed by atoms with Crippen LogP contribution in [0.15, 0.2) is 82.4 Å². The number of carbonyl (C=O) groups excluding carboxylic acids is 2. The van der Waals surface area contributed by atoms with Crippen LogP contribution in [0.1, 0.15) is 33.9 Å². The molecule has 1 aliphatic rings. The van der Waals surface area contributed by atoms with Gasteiger partial charge >= 0.3 is 0 Å². The van der Waals surface area contributed by atoms with Gasteiger partial charge in [0.2, 0.25) is 0 Å². The number of rotatable bonds is 6. The van der Waals surface area contributed by atoms with Crippen molar-refractivity contribution in [1.29, 1.82) is 0 Å². The number of hydrazone groups is 1. The fourth-order valence-corrected chi connectivity index (χ4v) is 3.78. The highest BCUT2D eigenvalue weighted by Crippen LogP contribution is 2.33. The van der Waals surface area contributed by atoms with Crippen LogP contribution in [-0.2, 0) is 4.79 Å². The summed E-state index contributed by atoms with van der Waals surface area (Å²) in [6.07, 6.45) is 1.32. The van der Waals surface area contributed by atoms with Crippen molar-refractivity contribution in [2.45, 2.75) is 12.5 Å². The third-order valence-corrected chi connectivity index (χ3v) is 5.74. The number of amides is 1. The second-order valence-electron chi connectivity index (χ2n) is 7.04. The van der Waals surface area contributed by atoms with Gasteiger partial charge in [-0.2, -0.15) is 5.10 Å². The van der Waals surface area contributed by atoms with Crippen LogP contribution in [0.2, 0.25) is 5.02 Å². The average Bonchev–Trinajstić information content (AvgIpc) is 3.24. The van der Waals surface area contributed by atoms with Gasteiger partial charge in [0.05, 0.1) is 11.8 Å². The molecular formula is C24H18BrClN2O3. The third-order valence-electron chi connectivity index (χ3n) is 4.95. The maximum atomic E-state index is 13.0. The van der Waals surface area contributed by atoms with E-state index in [1.54, 1.807) is 36.4 Å². The Morgan fingerprint density at radius 1 is 1.13 bits per heavy atom. The van der Waals surface area contributed by atoms with Crippen molar-refractivity contribution in [2.24, 2.45) is 5.10 Å². The van der Waals surface area contributed by atoms with Crippen molar-refractivity contribution in [1.82, 2.24) is 5.01 Å². The van der Waals surface area contributed by atoms with Crippen LogP contribution in [-0.4, -0.2) is 29.5 Å². The standard InChI is InChI=1S/C24H18BrClN2O3/c25-19-8-4-17(5-9-19)22-13-23(18-6-10-20(26)11-7-18)28(27-22)24(30)15-31-21-3-1-2-16(12-21)14-29/h1-12,14,23H,13,15H2. The first-order valence-corrected chi connectivity index (χ1v) is 10.8. The summed E-state index contributed by atoms with van der Waals surface area (Å²) in [5, 5.41) is 6.74. The minimum Gasteiger partial charge on any atom is -0.484 e. The molecule has 0 radical (unpaired) electrons. The molecule has 31 heavy (non-hydrogen) atoms. The van der Waals surface area contributed by atoms with Crippen molar-refractivity contribution in [3.63, 3.8) is 0 Å². The number of carbonyl (C=O) groups is 2. The van der Waals surface area contributed by atoms with Crippen LogP contribution in [0, 0.1) is 0 Å². The fraction of sp³-hybridized carbons (Fsp3) is 0.125. The molecule has 0 saturated heterocycles. The number of hydrogen-bond acceptors (Lipinski definition) is 4. The Kier molecular flexibility index (Phi) is 6.49. The smallest absolute Gasteiger partial charge is 0.281 e. The lowest BCUT2D eigenvalue weighted by molar-refractivity contribution is -0.135. The third kappa shape index (κ3) is 5.03. The van der Waals surface area contributed by atoms with E-state index in [0.717, 1.165) is 27.6 Å². The highest BCUT2D eigenvalue weighted by atomic mass is 79.9. The summed E-state index contributed by atoms with van der Waals surface area (Å²) in [5.41, 5.74) is 3.21. The number of hydrogen-bond donors (Lipinski definition) is 0. The van der Waals surface area contributed by atoms with Crippen molar-refractivity contribution >= 4 is 45.4 Å². The lowest BCUT2D eigenvalue weighted by Gasteiger charge is -2.22. The van der Waals surface area contributed by atoms with Crippen molar-refractivity contribution in [3.05, 3.63) is 99.0 Å². The molecule has 3 aromatic rings. The van der Waals surface area contributed by atoms with E-state index in [9.17, 15) is 9.59 Å². The molecule has 156 valence electrons. The molecule has 1 amide bonds. The number of aldehydes is 1. The maximum Gasteiger partial charge on any atom is 0.281 e. The van der Waals surface area contributed by atoms with Gasteiger partial charge in [0, 0.05) is 21.5 Å². The Morgan fingerprint density at radius 2 is 1.87 bits per heavy atom. The Morgan fingerprint density at radius 3 is 2.58 bits per heavy atom. The summed E-state index contributed by atoms with van der Waals surface area (Å²) in [7, 11) is 0. The van der Waals surface area contributed by atoms with Gasteiger partial charge < -0.3 is 4.74 Å². The molecule has 4 rings (SSSR count). The molecule has 5 nitrogen and oxygen atoms in total. The number of benzene rings is 3. The lowest BCUT2D eigenvalue weighted by Crippen LogP contribution is -2.31. The zero-order valence-corrected chi connectivity index (χ0v) is 18.7. The van der Waals surface area contributed by atoms with Gasteiger partial charge in [-0.05, 0) is 47.5 Å². The number of halogens is 2. The average molecular weight is 498 g/mol. The van der Waals surface area contributed by atoms with Gasteiger partial charge in [0.25, 0.3) is 5.91 Å². The summed E-state index contributed by atoms with van der Waals surface area (Å²) < 4.78 is 6.61. The molecule has 0 spiro atoms. The van der Waals surface area contributed by atoms with Gasteiger partial charge in [-0.15, -0.1) is 0 Å². The minimum atomic E-state index is -0.274. The predicted octanol–water partition coefficient (Wildman–Crippen LogP) is 5.67. The van der Waals surface area contributed by atoms with Gasteiger partial charge in [-0.1, -0.05) is 63.9 Å². The molecule has 1 heterocycles. The summed E-state index contributed by atoms with van der Waals surface area (Å²) in [5.74, 6) is 0.181. The highest BCUT2D eigenvalue weighted by Gasteiger charge is 2.33. The first kappa shape index (κ1) is 21.3. The Bertz CT molecular complexity index is 1130. The first-order chi connectivity index (χ1) is 15.0. The van der Waals surface area contributed by atoms with Crippen LogP contribution in [0.5, 0.6) is 5.75 Å². The van der Waals surface area contributed by atoms with Crippen LogP contribution >= 0.6 is 27.5 Å². The molecule has 0 N–H and O–H groups in total. The van der Waals surface area contributed by atoms with Gasteiger partial charge in [-0.25, -0.2) is 5.01 Å². The summed E-state index contributed by atoms with van der Waals surface area (Å²) in [6.45, 7) is -0.191. The van der Waals surface area contributed by atoms with Crippen LogP contribution in [0.3, 0.4) is 0 Å². The van der Waals surface area contributed by atoms with E-state index < -0.39 is 0 Å². The Balaban J connectivity index is 1.57. The van der Waals surface area contributed by atoms with E-state index in [1.165, 1.54) is 5.01 Å². The second-order valence-corrected chi connectivity index (χ2v) is 8.39. The van der Waals surface area contributed by atoms with Crippen molar-refractivity contribution in [2.75, 3.05) is 6.61 Å². The van der Waals surface area contributed by atoms with Crippen molar-refractivity contribution < 1.29 is 14.3 Å². The Hall–Kier alpha value is -2.96. The van der Waals surface area contributed by atoms with E-state index in [-0.39, 0.29) is 18.6 Å². The zero-order valence-electron chi connectivity index (χ0n) is 16.4. The number of nitrogens with zero attached hydrogens (tertiary/aromatic N) is 2. The van der Waals surface area contributed by atoms with Crippen LogP contribution in [0.4, 0.5) is 0 Å². The van der Waals surface area contributed by atoms with Gasteiger partial charge in [-0.3, -0.25) is 9.59 Å². The molecule has 0 aromatic heterocycles.